The first-order chi connectivity index (χ1) is 15.3. The number of H-pyrrole nitrogens is 2. The summed E-state index contributed by atoms with van der Waals surface area (Å²) in [5, 5.41) is 7.43. The van der Waals surface area contributed by atoms with Gasteiger partial charge in [0, 0.05) is 29.1 Å². The second-order valence-corrected chi connectivity index (χ2v) is 7.06. The Bertz CT molecular complexity index is 1550. The van der Waals surface area contributed by atoms with Crippen LogP contribution in [-0.2, 0) is 0 Å². The Labute approximate surface area is 175 Å². The van der Waals surface area contributed by atoms with Gasteiger partial charge < -0.3 is 4.98 Å². The van der Waals surface area contributed by atoms with Crippen molar-refractivity contribution in [3.05, 3.63) is 79.1 Å². The molecule has 6 rings (SSSR count). The van der Waals surface area contributed by atoms with E-state index in [1.165, 1.54) is 12.4 Å². The molecule has 0 amide bonds. The van der Waals surface area contributed by atoms with Crippen LogP contribution in [-0.4, -0.2) is 35.1 Å². The summed E-state index contributed by atoms with van der Waals surface area (Å²) in [5.74, 6) is 0.264. The zero-order valence-corrected chi connectivity index (χ0v) is 16.0. The number of halogens is 1. The highest BCUT2D eigenvalue weighted by Gasteiger charge is 2.17. The number of pyridine rings is 1. The number of hydrogen-bond acceptors (Lipinski definition) is 5. The van der Waals surface area contributed by atoms with Gasteiger partial charge in [0.15, 0.2) is 11.5 Å². The van der Waals surface area contributed by atoms with E-state index < -0.39 is 0 Å². The van der Waals surface area contributed by atoms with E-state index in [1.807, 2.05) is 36.4 Å². The van der Waals surface area contributed by atoms with Gasteiger partial charge in [-0.1, -0.05) is 30.3 Å². The molecule has 8 heteroatoms. The Balaban J connectivity index is 1.53. The van der Waals surface area contributed by atoms with Gasteiger partial charge in [-0.2, -0.15) is 5.10 Å². The third-order valence-corrected chi connectivity index (χ3v) is 5.17. The smallest absolute Gasteiger partial charge is 0.161 e. The minimum absolute atomic E-state index is 0.291. The molecule has 7 nitrogen and oxygen atoms in total. The van der Waals surface area contributed by atoms with E-state index in [2.05, 4.69) is 25.1 Å². The number of aromatic amines is 2. The predicted octanol–water partition coefficient (Wildman–Crippen LogP) is 4.76. The predicted molar refractivity (Wildman–Crippen MR) is 115 cm³/mol. The number of nitrogens with zero attached hydrogens (tertiary/aromatic N) is 5. The van der Waals surface area contributed by atoms with Crippen LogP contribution in [0.4, 0.5) is 4.39 Å². The Kier molecular flexibility index (Phi) is 3.82. The van der Waals surface area contributed by atoms with Gasteiger partial charge in [0.1, 0.15) is 17.7 Å². The lowest BCUT2D eigenvalue weighted by molar-refractivity contribution is 0.631. The molecule has 148 valence electrons. The number of para-hydroxylation sites is 1. The SMILES string of the molecule is Fc1ccccc1-c1cccc2[nH]c(-c3n[nH]c4ccc(-c5cncnc5)nc34)nc12. The first-order valence-corrected chi connectivity index (χ1v) is 9.62. The van der Waals surface area contributed by atoms with Crippen LogP contribution in [0.15, 0.2) is 73.3 Å². The molecular formula is C23H14FN7. The summed E-state index contributed by atoms with van der Waals surface area (Å²) in [6.45, 7) is 0. The molecule has 0 aliphatic carbocycles. The maximum Gasteiger partial charge on any atom is 0.161 e. The molecule has 2 N–H and O–H groups in total. The Morgan fingerprint density at radius 2 is 1.58 bits per heavy atom. The van der Waals surface area contributed by atoms with Gasteiger partial charge in [-0.15, -0.1) is 0 Å². The molecule has 0 fully saturated rings. The quantitative estimate of drug-likeness (QED) is 0.441. The van der Waals surface area contributed by atoms with Crippen molar-refractivity contribution in [3.8, 4) is 33.9 Å². The highest BCUT2D eigenvalue weighted by molar-refractivity contribution is 5.96. The number of hydrogen-bond donors (Lipinski definition) is 2. The summed E-state index contributed by atoms with van der Waals surface area (Å²) in [6.07, 6.45) is 4.90. The zero-order chi connectivity index (χ0) is 20.8. The molecule has 2 aromatic carbocycles. The van der Waals surface area contributed by atoms with Crippen molar-refractivity contribution in [2.75, 3.05) is 0 Å². The number of aromatic nitrogens is 7. The molecule has 4 heterocycles. The molecule has 0 saturated heterocycles. The number of benzene rings is 2. The van der Waals surface area contributed by atoms with Crippen molar-refractivity contribution < 1.29 is 4.39 Å². The fraction of sp³-hybridized carbons (Fsp3) is 0. The Morgan fingerprint density at radius 1 is 0.742 bits per heavy atom. The molecule has 6 aromatic rings. The maximum absolute atomic E-state index is 14.4. The van der Waals surface area contributed by atoms with E-state index in [1.54, 1.807) is 24.5 Å². The fourth-order valence-corrected chi connectivity index (χ4v) is 3.70. The van der Waals surface area contributed by atoms with Crippen LogP contribution < -0.4 is 0 Å². The van der Waals surface area contributed by atoms with Crippen LogP contribution in [0.1, 0.15) is 0 Å². The summed E-state index contributed by atoms with van der Waals surface area (Å²) in [5.41, 5.74) is 6.27. The first-order valence-electron chi connectivity index (χ1n) is 9.62. The molecule has 0 saturated carbocycles. The van der Waals surface area contributed by atoms with Crippen molar-refractivity contribution >= 4 is 22.1 Å². The number of imidazole rings is 1. The summed E-state index contributed by atoms with van der Waals surface area (Å²) < 4.78 is 14.4. The molecule has 0 radical (unpaired) electrons. The van der Waals surface area contributed by atoms with Gasteiger partial charge in [0.2, 0.25) is 0 Å². The molecule has 4 aromatic heterocycles. The second kappa shape index (κ2) is 6.81. The number of nitrogens with one attached hydrogen (secondary N) is 2. The monoisotopic (exact) mass is 407 g/mol. The fourth-order valence-electron chi connectivity index (χ4n) is 3.70. The molecule has 0 aliphatic rings. The zero-order valence-electron chi connectivity index (χ0n) is 16.0. The number of fused-ring (bicyclic) bond motifs is 2. The average Bonchev–Trinajstić information content (AvgIpc) is 3.43. The first kappa shape index (κ1) is 17.4. The molecule has 31 heavy (non-hydrogen) atoms. The van der Waals surface area contributed by atoms with Crippen LogP contribution in [0.25, 0.3) is 56.0 Å². The van der Waals surface area contributed by atoms with Crippen molar-refractivity contribution in [1.29, 1.82) is 0 Å². The normalized spacial score (nSPS) is 11.4. The molecular weight excluding hydrogens is 393 g/mol. The van der Waals surface area contributed by atoms with E-state index >= 15 is 0 Å². The molecule has 0 atom stereocenters. The lowest BCUT2D eigenvalue weighted by Gasteiger charge is -2.03. The highest BCUT2D eigenvalue weighted by atomic mass is 19.1. The molecule has 0 unspecified atom stereocenters. The van der Waals surface area contributed by atoms with Crippen LogP contribution in [0.2, 0.25) is 0 Å². The number of rotatable bonds is 3. The minimum Gasteiger partial charge on any atom is -0.336 e. The Hall–Kier alpha value is -4.46. The topological polar surface area (TPSA) is 96.0 Å². The molecule has 0 spiro atoms. The van der Waals surface area contributed by atoms with Crippen LogP contribution in [0.3, 0.4) is 0 Å². The highest BCUT2D eigenvalue weighted by Crippen LogP contribution is 2.32. The van der Waals surface area contributed by atoms with Crippen LogP contribution >= 0.6 is 0 Å². The van der Waals surface area contributed by atoms with E-state index in [4.69, 9.17) is 9.97 Å². The van der Waals surface area contributed by atoms with Gasteiger partial charge in [0.05, 0.1) is 22.2 Å². The van der Waals surface area contributed by atoms with E-state index in [0.29, 0.717) is 33.7 Å². The van der Waals surface area contributed by atoms with Crippen molar-refractivity contribution in [3.63, 3.8) is 0 Å². The standard InChI is InChI=1S/C23H14FN7/c24-16-6-2-1-4-14(16)15-5-3-7-18-20(15)29-23(28-18)22-21-19(30-31-22)9-8-17(27-21)13-10-25-12-26-11-13/h1-12H,(H,28,29)(H,30,31). The largest absolute Gasteiger partial charge is 0.336 e. The van der Waals surface area contributed by atoms with E-state index in [-0.39, 0.29) is 5.82 Å². The van der Waals surface area contributed by atoms with Gasteiger partial charge >= 0.3 is 0 Å². The summed E-state index contributed by atoms with van der Waals surface area (Å²) in [4.78, 5) is 20.9. The third-order valence-electron chi connectivity index (χ3n) is 5.17. The Morgan fingerprint density at radius 3 is 2.45 bits per heavy atom. The van der Waals surface area contributed by atoms with Gasteiger partial charge in [-0.3, -0.25) is 5.10 Å². The third kappa shape index (κ3) is 2.84. The molecule has 0 aliphatic heterocycles. The van der Waals surface area contributed by atoms with Crippen molar-refractivity contribution in [1.82, 2.24) is 35.1 Å². The van der Waals surface area contributed by atoms with Crippen LogP contribution in [0.5, 0.6) is 0 Å². The van der Waals surface area contributed by atoms with E-state index in [0.717, 1.165) is 22.3 Å². The van der Waals surface area contributed by atoms with Gasteiger partial charge in [0.25, 0.3) is 0 Å². The summed E-state index contributed by atoms with van der Waals surface area (Å²) >= 11 is 0. The van der Waals surface area contributed by atoms with Crippen LogP contribution in [0, 0.1) is 5.82 Å². The second-order valence-electron chi connectivity index (χ2n) is 7.06. The summed E-state index contributed by atoms with van der Waals surface area (Å²) in [6, 6.07) is 16.1. The lowest BCUT2D eigenvalue weighted by Crippen LogP contribution is -1.88. The average molecular weight is 407 g/mol. The minimum atomic E-state index is -0.291. The van der Waals surface area contributed by atoms with Crippen molar-refractivity contribution in [2.45, 2.75) is 0 Å². The lowest BCUT2D eigenvalue weighted by atomic mass is 10.0. The van der Waals surface area contributed by atoms with E-state index in [9.17, 15) is 4.39 Å². The molecule has 0 bridgehead atoms. The van der Waals surface area contributed by atoms with Crippen molar-refractivity contribution in [2.24, 2.45) is 0 Å². The van der Waals surface area contributed by atoms with Gasteiger partial charge in [-0.05, 0) is 24.3 Å². The summed E-state index contributed by atoms with van der Waals surface area (Å²) in [7, 11) is 0. The van der Waals surface area contributed by atoms with Gasteiger partial charge in [-0.25, -0.2) is 24.3 Å². The maximum atomic E-state index is 14.4.